The van der Waals surface area contributed by atoms with Crippen molar-refractivity contribution in [3.63, 3.8) is 0 Å². The smallest absolute Gasteiger partial charge is 0.286 e. The monoisotopic (exact) mass is 469 g/mol. The van der Waals surface area contributed by atoms with Gasteiger partial charge in [-0.2, -0.15) is 0 Å². The van der Waals surface area contributed by atoms with Crippen LogP contribution in [0.2, 0.25) is 5.02 Å². The number of nitrogens with one attached hydrogen (secondary N) is 1. The second kappa shape index (κ2) is 10.1. The first-order valence-corrected chi connectivity index (χ1v) is 11.8. The van der Waals surface area contributed by atoms with Gasteiger partial charge in [0.1, 0.15) is 5.01 Å². The third-order valence-corrected chi connectivity index (χ3v) is 6.51. The van der Waals surface area contributed by atoms with Crippen LogP contribution < -0.4 is 10.2 Å². The lowest BCUT2D eigenvalue weighted by molar-refractivity contribution is 0.0746. The highest BCUT2D eigenvalue weighted by atomic mass is 35.5. The second-order valence-electron chi connectivity index (χ2n) is 7.54. The molecule has 1 aliphatic heterocycles. The maximum absolute atomic E-state index is 12.9. The molecule has 32 heavy (non-hydrogen) atoms. The summed E-state index contributed by atoms with van der Waals surface area (Å²) in [5.74, 6) is -0.297. The van der Waals surface area contributed by atoms with E-state index in [9.17, 15) is 9.59 Å². The fourth-order valence-corrected chi connectivity index (χ4v) is 4.51. The molecule has 2 aromatic carbocycles. The molecule has 0 spiro atoms. The number of carbonyl (C=O) groups is 2. The van der Waals surface area contributed by atoms with E-state index in [1.165, 1.54) is 11.3 Å². The van der Waals surface area contributed by atoms with E-state index < -0.39 is 0 Å². The van der Waals surface area contributed by atoms with Gasteiger partial charge in [-0.05, 0) is 55.0 Å². The summed E-state index contributed by atoms with van der Waals surface area (Å²) in [4.78, 5) is 29.4. The molecule has 9 heteroatoms. The number of aryl methyl sites for hydroxylation is 1. The van der Waals surface area contributed by atoms with E-state index in [4.69, 9.17) is 11.6 Å². The minimum Gasteiger partial charge on any atom is -0.368 e. The van der Waals surface area contributed by atoms with Crippen molar-refractivity contribution in [2.75, 3.05) is 36.4 Å². The zero-order valence-electron chi connectivity index (χ0n) is 17.8. The molecule has 1 N–H and O–H groups in total. The fourth-order valence-electron chi connectivity index (χ4n) is 3.54. The van der Waals surface area contributed by atoms with Gasteiger partial charge in [-0.15, -0.1) is 10.2 Å². The van der Waals surface area contributed by atoms with E-state index in [0.717, 1.165) is 36.6 Å². The Kier molecular flexibility index (Phi) is 7.02. The maximum atomic E-state index is 12.9. The third kappa shape index (κ3) is 5.26. The van der Waals surface area contributed by atoms with Crippen LogP contribution in [0.3, 0.4) is 0 Å². The molecule has 0 bridgehead atoms. The minimum atomic E-state index is -0.290. The van der Waals surface area contributed by atoms with E-state index >= 15 is 0 Å². The summed E-state index contributed by atoms with van der Waals surface area (Å²) in [7, 11) is 0. The van der Waals surface area contributed by atoms with E-state index in [-0.39, 0.29) is 11.8 Å². The van der Waals surface area contributed by atoms with Crippen molar-refractivity contribution in [3.8, 4) is 0 Å². The number of halogens is 1. The fraction of sp³-hybridized carbons (Fsp3) is 0.304. The zero-order valence-corrected chi connectivity index (χ0v) is 19.3. The zero-order chi connectivity index (χ0) is 22.5. The number of carbonyl (C=O) groups excluding carboxylic acids is 2. The molecule has 7 nitrogen and oxygen atoms in total. The predicted octanol–water partition coefficient (Wildman–Crippen LogP) is 4.36. The van der Waals surface area contributed by atoms with Crippen LogP contribution >= 0.6 is 22.9 Å². The van der Waals surface area contributed by atoms with Gasteiger partial charge in [0.25, 0.3) is 11.8 Å². The van der Waals surface area contributed by atoms with Crippen LogP contribution in [0.1, 0.15) is 38.5 Å². The van der Waals surface area contributed by atoms with Crippen molar-refractivity contribution in [1.29, 1.82) is 0 Å². The number of nitrogens with zero attached hydrogens (tertiary/aromatic N) is 4. The Labute approximate surface area is 196 Å². The molecule has 2 amide bonds. The van der Waals surface area contributed by atoms with Gasteiger partial charge in [-0.1, -0.05) is 29.9 Å². The maximum Gasteiger partial charge on any atom is 0.286 e. The number of piperazine rings is 1. The molecule has 0 saturated carbocycles. The van der Waals surface area contributed by atoms with Gasteiger partial charge in [0.2, 0.25) is 5.01 Å². The Morgan fingerprint density at radius 1 is 1.00 bits per heavy atom. The normalized spacial score (nSPS) is 13.8. The molecule has 1 aromatic heterocycles. The Hall–Kier alpha value is -2.97. The second-order valence-corrected chi connectivity index (χ2v) is 9.04. The van der Waals surface area contributed by atoms with Crippen LogP contribution in [-0.2, 0) is 6.42 Å². The van der Waals surface area contributed by atoms with Crippen molar-refractivity contribution in [1.82, 2.24) is 15.1 Å². The van der Waals surface area contributed by atoms with Gasteiger partial charge in [-0.3, -0.25) is 9.59 Å². The summed E-state index contributed by atoms with van der Waals surface area (Å²) in [6.45, 7) is 4.89. The van der Waals surface area contributed by atoms with Crippen molar-refractivity contribution in [2.24, 2.45) is 0 Å². The molecule has 1 saturated heterocycles. The largest absolute Gasteiger partial charge is 0.368 e. The highest BCUT2D eigenvalue weighted by Gasteiger charge is 2.22. The van der Waals surface area contributed by atoms with E-state index in [2.05, 4.69) is 27.3 Å². The molecule has 0 aliphatic carbocycles. The summed E-state index contributed by atoms with van der Waals surface area (Å²) in [6.07, 6.45) is 1.78. The van der Waals surface area contributed by atoms with Crippen LogP contribution in [0.15, 0.2) is 48.5 Å². The summed E-state index contributed by atoms with van der Waals surface area (Å²) in [5, 5.41) is 12.7. The Morgan fingerprint density at radius 3 is 2.34 bits per heavy atom. The van der Waals surface area contributed by atoms with E-state index in [1.54, 1.807) is 24.3 Å². The summed E-state index contributed by atoms with van der Waals surface area (Å²) < 4.78 is 0. The first kappa shape index (κ1) is 22.2. The molecular weight excluding hydrogens is 446 g/mol. The third-order valence-electron chi connectivity index (χ3n) is 5.27. The Morgan fingerprint density at radius 2 is 1.69 bits per heavy atom. The van der Waals surface area contributed by atoms with Crippen molar-refractivity contribution in [3.05, 3.63) is 69.1 Å². The molecule has 2 heterocycles. The molecule has 0 atom stereocenters. The molecule has 0 unspecified atom stereocenters. The average molecular weight is 470 g/mol. The van der Waals surface area contributed by atoms with Gasteiger partial charge < -0.3 is 15.1 Å². The number of rotatable bonds is 6. The predicted molar refractivity (Wildman–Crippen MR) is 128 cm³/mol. The van der Waals surface area contributed by atoms with Crippen molar-refractivity contribution >= 4 is 46.1 Å². The number of benzene rings is 2. The van der Waals surface area contributed by atoms with Gasteiger partial charge in [-0.25, -0.2) is 0 Å². The molecule has 1 aliphatic rings. The van der Waals surface area contributed by atoms with Crippen molar-refractivity contribution < 1.29 is 9.59 Å². The first-order valence-electron chi connectivity index (χ1n) is 10.6. The number of aromatic nitrogens is 2. The van der Waals surface area contributed by atoms with Crippen LogP contribution in [0, 0.1) is 0 Å². The first-order chi connectivity index (χ1) is 15.5. The average Bonchev–Trinajstić information content (AvgIpc) is 3.29. The van der Waals surface area contributed by atoms with Gasteiger partial charge >= 0.3 is 0 Å². The Bertz CT molecular complexity index is 1080. The highest BCUT2D eigenvalue weighted by Crippen LogP contribution is 2.21. The molecular formula is C23H24ClN5O2S. The molecule has 0 radical (unpaired) electrons. The van der Waals surface area contributed by atoms with Gasteiger partial charge in [0.15, 0.2) is 0 Å². The lowest BCUT2D eigenvalue weighted by Crippen LogP contribution is -2.48. The summed E-state index contributed by atoms with van der Waals surface area (Å²) in [5.41, 5.74) is 2.33. The SMILES string of the molecule is CCCc1nnc(C(=O)Nc2ccc(C(=O)N3CCN(c4ccc(Cl)cc4)CC3)cc2)s1. The molecule has 166 valence electrons. The molecule has 3 aromatic rings. The lowest BCUT2D eigenvalue weighted by atomic mass is 10.1. The van der Waals surface area contributed by atoms with Gasteiger partial charge in [0, 0.05) is 54.6 Å². The highest BCUT2D eigenvalue weighted by molar-refractivity contribution is 7.13. The Balaban J connectivity index is 1.32. The van der Waals surface area contributed by atoms with Crippen molar-refractivity contribution in [2.45, 2.75) is 19.8 Å². The number of hydrogen-bond acceptors (Lipinski definition) is 6. The number of anilines is 2. The quantitative estimate of drug-likeness (QED) is 0.580. The summed E-state index contributed by atoms with van der Waals surface area (Å²) >= 11 is 7.27. The van der Waals surface area contributed by atoms with Crippen LogP contribution in [0.5, 0.6) is 0 Å². The van der Waals surface area contributed by atoms with E-state index in [1.807, 2.05) is 29.2 Å². The van der Waals surface area contributed by atoms with Gasteiger partial charge in [0.05, 0.1) is 0 Å². The topological polar surface area (TPSA) is 78.4 Å². The van der Waals surface area contributed by atoms with Crippen LogP contribution in [0.4, 0.5) is 11.4 Å². The lowest BCUT2D eigenvalue weighted by Gasteiger charge is -2.36. The molecule has 1 fully saturated rings. The number of amides is 2. The summed E-state index contributed by atoms with van der Waals surface area (Å²) in [6, 6.07) is 14.7. The van der Waals surface area contributed by atoms with Crippen LogP contribution in [0.25, 0.3) is 0 Å². The van der Waals surface area contributed by atoms with E-state index in [0.29, 0.717) is 34.4 Å². The standard InChI is InChI=1S/C23H24ClN5O2S/c1-2-3-20-26-27-22(32-20)21(30)25-18-8-4-16(5-9-18)23(31)29-14-12-28(13-15-29)19-10-6-17(24)7-11-19/h4-11H,2-3,12-15H2,1H3,(H,25,30). The number of hydrogen-bond donors (Lipinski definition) is 1. The minimum absolute atomic E-state index is 0.00744. The van der Waals surface area contributed by atoms with Crippen LogP contribution in [-0.4, -0.2) is 53.1 Å². The molecule has 4 rings (SSSR count).